The molecule has 3 rings (SSSR count). The summed E-state index contributed by atoms with van der Waals surface area (Å²) in [4.78, 5) is 12.8. The Balaban J connectivity index is 1.70. The smallest absolute Gasteiger partial charge is 0.186 e. The third kappa shape index (κ3) is 2.71. The molecule has 0 aliphatic carbocycles. The van der Waals surface area contributed by atoms with Crippen LogP contribution in [0.25, 0.3) is 0 Å². The van der Waals surface area contributed by atoms with Crippen LogP contribution < -0.4 is 10.2 Å². The first-order valence-electron chi connectivity index (χ1n) is 7.20. The van der Waals surface area contributed by atoms with Crippen molar-refractivity contribution in [3.8, 4) is 0 Å². The topological polar surface area (TPSA) is 46.0 Å². The fourth-order valence-electron chi connectivity index (χ4n) is 2.43. The second-order valence-electron chi connectivity index (χ2n) is 5.14. The Morgan fingerprint density at radius 3 is 3.15 bits per heavy atom. The lowest BCUT2D eigenvalue weighted by Gasteiger charge is -2.27. The molecule has 0 saturated heterocycles. The molecule has 0 saturated carbocycles. The van der Waals surface area contributed by atoms with Crippen LogP contribution >= 0.6 is 11.3 Å². The molecule has 108 valence electrons. The van der Waals surface area contributed by atoms with E-state index in [1.165, 1.54) is 11.3 Å². The van der Waals surface area contributed by atoms with Gasteiger partial charge in [-0.05, 0) is 19.9 Å². The minimum Gasteiger partial charge on any atom is -0.339 e. The molecule has 0 spiro atoms. The summed E-state index contributed by atoms with van der Waals surface area (Å²) < 4.78 is 2.22. The van der Waals surface area contributed by atoms with Gasteiger partial charge in [0.2, 0.25) is 0 Å². The molecular weight excluding hydrogens is 270 g/mol. The summed E-state index contributed by atoms with van der Waals surface area (Å²) in [6.45, 7) is 9.16. The van der Waals surface area contributed by atoms with Gasteiger partial charge in [0.05, 0.1) is 12.2 Å². The molecule has 1 aliphatic rings. The second kappa shape index (κ2) is 5.93. The number of hydrogen-bond donors (Lipinski definition) is 1. The quantitative estimate of drug-likeness (QED) is 0.858. The highest BCUT2D eigenvalue weighted by atomic mass is 32.1. The van der Waals surface area contributed by atoms with Crippen molar-refractivity contribution in [3.05, 3.63) is 28.8 Å². The number of anilines is 1. The molecule has 1 aliphatic heterocycles. The molecular formula is C14H21N5S. The first-order valence-corrected chi connectivity index (χ1v) is 8.01. The van der Waals surface area contributed by atoms with E-state index in [9.17, 15) is 0 Å². The monoisotopic (exact) mass is 291 g/mol. The van der Waals surface area contributed by atoms with Gasteiger partial charge < -0.3 is 14.8 Å². The van der Waals surface area contributed by atoms with Crippen LogP contribution in [0.5, 0.6) is 0 Å². The van der Waals surface area contributed by atoms with Gasteiger partial charge in [-0.3, -0.25) is 0 Å². The lowest BCUT2D eigenvalue weighted by atomic mass is 10.3. The zero-order valence-corrected chi connectivity index (χ0v) is 12.9. The summed E-state index contributed by atoms with van der Waals surface area (Å²) >= 11 is 1.81. The van der Waals surface area contributed by atoms with Crippen molar-refractivity contribution in [2.75, 3.05) is 18.0 Å². The van der Waals surface area contributed by atoms with E-state index >= 15 is 0 Å². The van der Waals surface area contributed by atoms with Gasteiger partial charge in [0.25, 0.3) is 0 Å². The Bertz CT molecular complexity index is 574. The molecule has 5 nitrogen and oxygen atoms in total. The zero-order valence-electron chi connectivity index (χ0n) is 12.1. The Morgan fingerprint density at radius 1 is 1.40 bits per heavy atom. The third-order valence-electron chi connectivity index (χ3n) is 3.61. The van der Waals surface area contributed by atoms with Gasteiger partial charge in [-0.25, -0.2) is 9.97 Å². The highest BCUT2D eigenvalue weighted by molar-refractivity contribution is 7.15. The summed E-state index contributed by atoms with van der Waals surface area (Å²) in [5.74, 6) is 1.13. The maximum Gasteiger partial charge on any atom is 0.186 e. The molecule has 2 aromatic rings. The fourth-order valence-corrected chi connectivity index (χ4v) is 3.48. The summed E-state index contributed by atoms with van der Waals surface area (Å²) in [6, 6.07) is 0. The maximum absolute atomic E-state index is 4.74. The van der Waals surface area contributed by atoms with E-state index in [2.05, 4.69) is 39.8 Å². The molecule has 0 fully saturated rings. The largest absolute Gasteiger partial charge is 0.339 e. The average Bonchev–Trinajstić information content (AvgIpc) is 3.05. The highest BCUT2D eigenvalue weighted by Crippen LogP contribution is 2.28. The zero-order chi connectivity index (χ0) is 13.9. The predicted molar refractivity (Wildman–Crippen MR) is 82.1 cm³/mol. The minimum atomic E-state index is 0.863. The molecule has 6 heteroatoms. The van der Waals surface area contributed by atoms with Gasteiger partial charge in [0.15, 0.2) is 5.13 Å². The van der Waals surface area contributed by atoms with Crippen LogP contribution in [-0.2, 0) is 19.6 Å². The number of thiazole rings is 1. The van der Waals surface area contributed by atoms with Crippen molar-refractivity contribution >= 4 is 16.5 Å². The van der Waals surface area contributed by atoms with Crippen LogP contribution in [0.2, 0.25) is 0 Å². The molecule has 2 aromatic heterocycles. The SMILES string of the molecule is CCCNCc1sc(N2CCn3ccnc3C2)nc1C. The van der Waals surface area contributed by atoms with Gasteiger partial charge in [0.1, 0.15) is 5.82 Å². The van der Waals surface area contributed by atoms with Crippen LogP contribution in [0.4, 0.5) is 5.13 Å². The van der Waals surface area contributed by atoms with Crippen molar-refractivity contribution < 1.29 is 0 Å². The lowest BCUT2D eigenvalue weighted by Crippen LogP contribution is -2.33. The fraction of sp³-hybridized carbons (Fsp3) is 0.571. The van der Waals surface area contributed by atoms with Crippen LogP contribution in [-0.4, -0.2) is 27.6 Å². The van der Waals surface area contributed by atoms with Gasteiger partial charge in [-0.2, -0.15) is 0 Å². The van der Waals surface area contributed by atoms with Crippen LogP contribution in [0.15, 0.2) is 12.4 Å². The number of rotatable bonds is 5. The van der Waals surface area contributed by atoms with E-state index in [1.807, 2.05) is 17.5 Å². The summed E-state index contributed by atoms with van der Waals surface area (Å²) in [7, 11) is 0. The van der Waals surface area contributed by atoms with E-state index in [1.54, 1.807) is 0 Å². The van der Waals surface area contributed by atoms with Gasteiger partial charge in [0, 0.05) is 36.9 Å². The Morgan fingerprint density at radius 2 is 2.30 bits per heavy atom. The highest BCUT2D eigenvalue weighted by Gasteiger charge is 2.20. The van der Waals surface area contributed by atoms with Crippen LogP contribution in [0.1, 0.15) is 29.7 Å². The number of hydrogen-bond acceptors (Lipinski definition) is 5. The van der Waals surface area contributed by atoms with Crippen molar-refractivity contribution in [1.82, 2.24) is 19.9 Å². The Labute approximate surface area is 123 Å². The molecule has 1 N–H and O–H groups in total. The first kappa shape index (κ1) is 13.6. The van der Waals surface area contributed by atoms with Crippen LogP contribution in [0.3, 0.4) is 0 Å². The lowest BCUT2D eigenvalue weighted by molar-refractivity contribution is 0.559. The van der Waals surface area contributed by atoms with Crippen molar-refractivity contribution in [1.29, 1.82) is 0 Å². The van der Waals surface area contributed by atoms with Gasteiger partial charge in [-0.15, -0.1) is 11.3 Å². The van der Waals surface area contributed by atoms with Crippen molar-refractivity contribution in [2.45, 2.75) is 39.9 Å². The normalized spacial score (nSPS) is 14.6. The van der Waals surface area contributed by atoms with Gasteiger partial charge >= 0.3 is 0 Å². The van der Waals surface area contributed by atoms with E-state index in [0.717, 1.165) is 49.4 Å². The summed E-state index contributed by atoms with van der Waals surface area (Å²) in [5, 5.41) is 4.59. The number of imidazole rings is 1. The Kier molecular flexibility index (Phi) is 4.03. The number of nitrogens with zero attached hydrogens (tertiary/aromatic N) is 4. The predicted octanol–water partition coefficient (Wildman–Crippen LogP) is 2.17. The standard InChI is InChI=1S/C14H21N5S/c1-3-4-15-9-12-11(2)17-14(20-12)19-8-7-18-6-5-16-13(18)10-19/h5-6,15H,3-4,7-10H2,1-2H3. The molecule has 0 unspecified atom stereocenters. The maximum atomic E-state index is 4.74. The minimum absolute atomic E-state index is 0.863. The molecule has 0 atom stereocenters. The van der Waals surface area contributed by atoms with Crippen molar-refractivity contribution in [3.63, 3.8) is 0 Å². The molecule has 20 heavy (non-hydrogen) atoms. The number of aromatic nitrogens is 3. The van der Waals surface area contributed by atoms with E-state index in [-0.39, 0.29) is 0 Å². The molecule has 3 heterocycles. The average molecular weight is 291 g/mol. The molecule has 0 bridgehead atoms. The molecule has 0 radical (unpaired) electrons. The van der Waals surface area contributed by atoms with Crippen molar-refractivity contribution in [2.24, 2.45) is 0 Å². The second-order valence-corrected chi connectivity index (χ2v) is 6.20. The van der Waals surface area contributed by atoms with Crippen LogP contribution in [0, 0.1) is 6.92 Å². The summed E-state index contributed by atoms with van der Waals surface area (Å²) in [5.41, 5.74) is 1.16. The molecule has 0 aromatic carbocycles. The number of nitrogens with one attached hydrogen (secondary N) is 1. The van der Waals surface area contributed by atoms with Gasteiger partial charge in [-0.1, -0.05) is 6.92 Å². The van der Waals surface area contributed by atoms with E-state index in [0.29, 0.717) is 0 Å². The summed E-state index contributed by atoms with van der Waals surface area (Å²) in [6.07, 6.45) is 5.10. The third-order valence-corrected chi connectivity index (χ3v) is 4.83. The molecule has 0 amide bonds. The van der Waals surface area contributed by atoms with E-state index < -0.39 is 0 Å². The van der Waals surface area contributed by atoms with E-state index in [4.69, 9.17) is 4.98 Å². The Hall–Kier alpha value is -1.40. The number of aryl methyl sites for hydroxylation is 1. The first-order chi connectivity index (χ1) is 9.78. The number of fused-ring (bicyclic) bond motifs is 1.